The van der Waals surface area contributed by atoms with E-state index in [1.807, 2.05) is 0 Å². The summed E-state index contributed by atoms with van der Waals surface area (Å²) in [6.45, 7) is 0. The standard InChI is InChI=1S/C23H15BrO5/c1-27-17-10-11-18-20(13-17)28-21(22(18)25)12-15-4-2-3-5-19(15)29-23(26)14-6-8-16(24)9-7-14/h2-13H,1H3/b21-12-. The molecular formula is C23H15BrO5. The lowest BCUT2D eigenvalue weighted by atomic mass is 10.1. The summed E-state index contributed by atoms with van der Waals surface area (Å²) in [6.07, 6.45) is 1.57. The van der Waals surface area contributed by atoms with Gasteiger partial charge in [0.15, 0.2) is 5.76 Å². The fourth-order valence-corrected chi connectivity index (χ4v) is 3.14. The van der Waals surface area contributed by atoms with E-state index < -0.39 is 5.97 Å². The molecule has 0 bridgehead atoms. The van der Waals surface area contributed by atoms with Gasteiger partial charge in [0.25, 0.3) is 0 Å². The molecule has 4 rings (SSSR count). The van der Waals surface area contributed by atoms with Crippen molar-refractivity contribution in [3.63, 3.8) is 0 Å². The van der Waals surface area contributed by atoms with Gasteiger partial charge in [0, 0.05) is 16.1 Å². The van der Waals surface area contributed by atoms with E-state index in [1.165, 1.54) is 0 Å². The van der Waals surface area contributed by atoms with Crippen molar-refractivity contribution < 1.29 is 23.8 Å². The van der Waals surface area contributed by atoms with Crippen LogP contribution in [-0.2, 0) is 0 Å². The zero-order chi connectivity index (χ0) is 20.4. The van der Waals surface area contributed by atoms with E-state index in [0.29, 0.717) is 33.9 Å². The largest absolute Gasteiger partial charge is 0.497 e. The number of hydrogen-bond acceptors (Lipinski definition) is 5. The van der Waals surface area contributed by atoms with E-state index in [4.69, 9.17) is 14.2 Å². The average molecular weight is 451 g/mol. The first-order chi connectivity index (χ1) is 14.0. The molecule has 29 heavy (non-hydrogen) atoms. The zero-order valence-corrected chi connectivity index (χ0v) is 16.9. The second kappa shape index (κ2) is 7.93. The van der Waals surface area contributed by atoms with Crippen LogP contribution in [0.15, 0.2) is 77.0 Å². The van der Waals surface area contributed by atoms with Crippen LogP contribution in [0, 0.1) is 0 Å². The minimum absolute atomic E-state index is 0.153. The summed E-state index contributed by atoms with van der Waals surface area (Å²) >= 11 is 3.34. The number of hydrogen-bond donors (Lipinski definition) is 0. The number of rotatable bonds is 4. The molecular weight excluding hydrogens is 436 g/mol. The predicted molar refractivity (Wildman–Crippen MR) is 111 cm³/mol. The summed E-state index contributed by atoms with van der Waals surface area (Å²) in [6, 6.07) is 18.9. The monoisotopic (exact) mass is 450 g/mol. The van der Waals surface area contributed by atoms with Gasteiger partial charge < -0.3 is 14.2 Å². The zero-order valence-electron chi connectivity index (χ0n) is 15.3. The van der Waals surface area contributed by atoms with Crippen LogP contribution < -0.4 is 14.2 Å². The molecule has 5 nitrogen and oxygen atoms in total. The van der Waals surface area contributed by atoms with Crippen LogP contribution in [0.4, 0.5) is 0 Å². The lowest BCUT2D eigenvalue weighted by molar-refractivity contribution is 0.0734. The third-order valence-corrected chi connectivity index (χ3v) is 4.89. The first kappa shape index (κ1) is 19.0. The highest BCUT2D eigenvalue weighted by Crippen LogP contribution is 2.35. The Morgan fingerprint density at radius 1 is 1.03 bits per heavy atom. The number of allylic oxidation sites excluding steroid dienone is 1. The Bertz CT molecular complexity index is 1130. The highest BCUT2D eigenvalue weighted by Gasteiger charge is 2.28. The molecule has 1 aliphatic rings. The molecule has 0 amide bonds. The number of halogens is 1. The molecule has 0 saturated carbocycles. The minimum atomic E-state index is -0.491. The lowest BCUT2D eigenvalue weighted by Crippen LogP contribution is -2.09. The molecule has 0 atom stereocenters. The lowest BCUT2D eigenvalue weighted by Gasteiger charge is -2.08. The molecule has 0 aliphatic carbocycles. The Kier molecular flexibility index (Phi) is 5.18. The molecule has 3 aromatic rings. The number of para-hydroxylation sites is 1. The van der Waals surface area contributed by atoms with Gasteiger partial charge in [-0.2, -0.15) is 0 Å². The highest BCUT2D eigenvalue weighted by atomic mass is 79.9. The SMILES string of the molecule is COc1ccc2c(c1)O/C(=C\c1ccccc1OC(=O)c1ccc(Br)cc1)C2=O. The number of esters is 1. The summed E-state index contributed by atoms with van der Waals surface area (Å²) in [7, 11) is 1.55. The molecule has 0 spiro atoms. The van der Waals surface area contributed by atoms with Gasteiger partial charge >= 0.3 is 5.97 Å². The summed E-state index contributed by atoms with van der Waals surface area (Å²) in [5.74, 6) is 0.788. The first-order valence-electron chi connectivity index (χ1n) is 8.74. The van der Waals surface area contributed by atoms with E-state index in [0.717, 1.165) is 4.47 Å². The van der Waals surface area contributed by atoms with Crippen LogP contribution in [0.1, 0.15) is 26.3 Å². The fraction of sp³-hybridized carbons (Fsp3) is 0.0435. The predicted octanol–water partition coefficient (Wildman–Crippen LogP) is 5.29. The van der Waals surface area contributed by atoms with Crippen molar-refractivity contribution >= 4 is 33.8 Å². The summed E-state index contributed by atoms with van der Waals surface area (Å²) < 4.78 is 17.3. The second-order valence-electron chi connectivity index (χ2n) is 6.24. The molecule has 1 aliphatic heterocycles. The Balaban J connectivity index is 1.61. The number of carbonyl (C=O) groups excluding carboxylic acids is 2. The number of fused-ring (bicyclic) bond motifs is 1. The van der Waals surface area contributed by atoms with Crippen molar-refractivity contribution in [1.82, 2.24) is 0 Å². The van der Waals surface area contributed by atoms with Crippen molar-refractivity contribution in [2.45, 2.75) is 0 Å². The molecule has 0 unspecified atom stereocenters. The Labute approximate surface area is 175 Å². The Morgan fingerprint density at radius 2 is 1.79 bits per heavy atom. The third kappa shape index (κ3) is 3.93. The molecule has 6 heteroatoms. The minimum Gasteiger partial charge on any atom is -0.497 e. The molecule has 0 N–H and O–H groups in total. The van der Waals surface area contributed by atoms with Crippen molar-refractivity contribution in [1.29, 1.82) is 0 Å². The van der Waals surface area contributed by atoms with Crippen molar-refractivity contribution in [3.8, 4) is 17.2 Å². The topological polar surface area (TPSA) is 61.8 Å². The summed E-state index contributed by atoms with van der Waals surface area (Å²) in [5.41, 5.74) is 1.44. The van der Waals surface area contributed by atoms with Crippen LogP contribution in [-0.4, -0.2) is 18.9 Å². The van der Waals surface area contributed by atoms with E-state index in [2.05, 4.69) is 15.9 Å². The quantitative estimate of drug-likeness (QED) is 0.306. The summed E-state index contributed by atoms with van der Waals surface area (Å²) in [4.78, 5) is 25.1. The number of methoxy groups -OCH3 is 1. The van der Waals surface area contributed by atoms with Crippen LogP contribution in [0.25, 0.3) is 6.08 Å². The molecule has 0 fully saturated rings. The van der Waals surface area contributed by atoms with Gasteiger partial charge in [-0.1, -0.05) is 34.1 Å². The maximum absolute atomic E-state index is 12.6. The van der Waals surface area contributed by atoms with Crippen molar-refractivity contribution in [3.05, 3.63) is 93.7 Å². The van der Waals surface area contributed by atoms with Crippen molar-refractivity contribution in [2.24, 2.45) is 0 Å². The smallest absolute Gasteiger partial charge is 0.343 e. The van der Waals surface area contributed by atoms with Gasteiger partial charge in [0.2, 0.25) is 5.78 Å². The van der Waals surface area contributed by atoms with Crippen molar-refractivity contribution in [2.75, 3.05) is 7.11 Å². The fourth-order valence-electron chi connectivity index (χ4n) is 2.87. The van der Waals surface area contributed by atoms with E-state index in [-0.39, 0.29) is 11.5 Å². The maximum Gasteiger partial charge on any atom is 0.343 e. The van der Waals surface area contributed by atoms with Gasteiger partial charge in [-0.3, -0.25) is 4.79 Å². The second-order valence-corrected chi connectivity index (χ2v) is 7.15. The molecule has 0 radical (unpaired) electrons. The van der Waals surface area contributed by atoms with Crippen LogP contribution in [0.3, 0.4) is 0 Å². The Morgan fingerprint density at radius 3 is 2.55 bits per heavy atom. The first-order valence-corrected chi connectivity index (χ1v) is 9.53. The van der Waals surface area contributed by atoms with Gasteiger partial charge in [-0.25, -0.2) is 4.79 Å². The number of ether oxygens (including phenoxy) is 3. The molecule has 0 saturated heterocycles. The third-order valence-electron chi connectivity index (χ3n) is 4.37. The maximum atomic E-state index is 12.6. The molecule has 3 aromatic carbocycles. The molecule has 0 aromatic heterocycles. The van der Waals surface area contributed by atoms with Gasteiger partial charge in [0.1, 0.15) is 17.2 Å². The van der Waals surface area contributed by atoms with Gasteiger partial charge in [0.05, 0.1) is 18.2 Å². The molecule has 1 heterocycles. The van der Waals surface area contributed by atoms with Gasteiger partial charge in [-0.15, -0.1) is 0 Å². The normalized spacial score (nSPS) is 13.7. The number of carbonyl (C=O) groups is 2. The van der Waals surface area contributed by atoms with E-state index in [9.17, 15) is 9.59 Å². The van der Waals surface area contributed by atoms with E-state index >= 15 is 0 Å². The van der Waals surface area contributed by atoms with Crippen LogP contribution >= 0.6 is 15.9 Å². The van der Waals surface area contributed by atoms with Crippen LogP contribution in [0.2, 0.25) is 0 Å². The van der Waals surface area contributed by atoms with Gasteiger partial charge in [-0.05, 0) is 48.5 Å². The van der Waals surface area contributed by atoms with E-state index in [1.54, 1.807) is 79.9 Å². The number of ketones is 1. The number of Topliss-reactive ketones (excluding diaryl/α,β-unsaturated/α-hetero) is 1. The summed E-state index contributed by atoms with van der Waals surface area (Å²) in [5, 5.41) is 0. The Hall–Kier alpha value is -3.38. The highest BCUT2D eigenvalue weighted by molar-refractivity contribution is 9.10. The van der Waals surface area contributed by atoms with Crippen LogP contribution in [0.5, 0.6) is 17.2 Å². The number of benzene rings is 3. The average Bonchev–Trinajstić information content (AvgIpc) is 3.04. The molecule has 144 valence electrons.